The van der Waals surface area contributed by atoms with E-state index in [-0.39, 0.29) is 10.8 Å². The summed E-state index contributed by atoms with van der Waals surface area (Å²) in [6.07, 6.45) is 0. The lowest BCUT2D eigenvalue weighted by Gasteiger charge is -2.29. The zero-order chi connectivity index (χ0) is 89.5. The zero-order valence-corrected chi connectivity index (χ0v) is 75.1. The van der Waals surface area contributed by atoms with E-state index in [4.69, 9.17) is 0 Å². The first-order chi connectivity index (χ1) is 65.9. The molecule has 21 aromatic carbocycles. The molecule has 0 fully saturated rings. The molecule has 2 aromatic heterocycles. The fourth-order valence-electron chi connectivity index (χ4n) is 21.4. The Morgan fingerprint density at radius 3 is 0.858 bits per heavy atom. The summed E-state index contributed by atoms with van der Waals surface area (Å²) in [6.45, 7) is 9.43. The number of anilines is 6. The smallest absolute Gasteiger partial charge is 0.0541 e. The van der Waals surface area contributed by atoms with Crippen molar-refractivity contribution in [2.45, 2.75) is 38.5 Å². The van der Waals surface area contributed by atoms with E-state index in [0.717, 1.165) is 45.5 Å². The van der Waals surface area contributed by atoms with E-state index < -0.39 is 0 Å². The summed E-state index contributed by atoms with van der Waals surface area (Å²) in [5, 5.41) is 7.42. The van der Waals surface area contributed by atoms with E-state index in [1.807, 2.05) is 0 Å². The fourth-order valence-corrected chi connectivity index (χ4v) is 21.4. The van der Waals surface area contributed by atoms with Gasteiger partial charge in [-0.2, -0.15) is 0 Å². The highest BCUT2D eigenvalue weighted by atomic mass is 15.1. The van der Waals surface area contributed by atoms with Crippen LogP contribution < -0.4 is 9.80 Å². The summed E-state index contributed by atoms with van der Waals surface area (Å²) in [5.41, 5.74) is 43.7. The van der Waals surface area contributed by atoms with Gasteiger partial charge in [-0.05, 0) is 278 Å². The molecular formula is C130H94N4. The Labute approximate surface area is 782 Å². The number of hydrogen-bond acceptors (Lipinski definition) is 2. The van der Waals surface area contributed by atoms with E-state index >= 15 is 0 Å². The van der Waals surface area contributed by atoms with Gasteiger partial charge >= 0.3 is 0 Å². The topological polar surface area (TPSA) is 16.3 Å². The molecular weight excluding hydrogens is 1620 g/mol. The Morgan fingerprint density at radius 1 is 0.157 bits per heavy atom. The van der Waals surface area contributed by atoms with Crippen molar-refractivity contribution in [1.82, 2.24) is 9.13 Å². The van der Waals surface area contributed by atoms with Gasteiger partial charge in [0.05, 0.1) is 27.8 Å². The highest BCUT2D eigenvalue weighted by molar-refractivity contribution is 6.13. The van der Waals surface area contributed by atoms with Crippen LogP contribution in [-0.2, 0) is 10.8 Å². The van der Waals surface area contributed by atoms with Crippen molar-refractivity contribution >= 4 is 88.5 Å². The molecule has 4 nitrogen and oxygen atoms in total. The third kappa shape index (κ3) is 14.2. The molecule has 25 rings (SSSR count). The van der Waals surface area contributed by atoms with Crippen LogP contribution in [0.1, 0.15) is 49.9 Å². The standard InChI is InChI=1S/C67H48N2.C63H46N2/c1-67(2)62-26-13-11-23-57(62)58-38-37-54(44-63(58)67)68(65-41-39-55(48-18-7-4-8-19-48)56-22-9-10-24-59(56)65)52-33-30-47(31-34-52)49-20-15-21-50(42-49)51-32-40-66-61(43-51)60-25-12-14-27-64(60)69(66)53-35-28-46(29-36-53)45-16-5-3-6-17-45;1-63(2)59-22-11-9-20-55(59)56-38-37-54(42-60(56)63)64(51-31-24-45(25-32-51)43-14-5-3-6-15-43)52-33-28-47(29-34-52)48-18-13-19-49(40-48)50-30-39-62-58(41-50)57-21-10-12-23-61(57)65(62)53-35-26-46(27-36-53)44-16-7-4-8-17-44/h3-44H,1-2H3;3-42H,1-2H3. The van der Waals surface area contributed by atoms with Crippen molar-refractivity contribution in [2.75, 3.05) is 9.80 Å². The zero-order valence-electron chi connectivity index (χ0n) is 75.1. The Morgan fingerprint density at radius 2 is 0.433 bits per heavy atom. The second kappa shape index (κ2) is 33.2. The Hall–Kier alpha value is -16.9. The van der Waals surface area contributed by atoms with Gasteiger partial charge in [-0.3, -0.25) is 0 Å². The fraction of sp³-hybridized carbons (Fsp3) is 0.0462. The molecule has 2 aliphatic carbocycles. The van der Waals surface area contributed by atoms with Crippen molar-refractivity contribution < 1.29 is 0 Å². The molecule has 0 amide bonds. The average Bonchev–Trinajstić information content (AvgIpc) is 1.62. The number of hydrogen-bond donors (Lipinski definition) is 0. The Balaban J connectivity index is 0.000000147. The molecule has 134 heavy (non-hydrogen) atoms. The third-order valence-corrected chi connectivity index (χ3v) is 28.2. The maximum absolute atomic E-state index is 2.46. The van der Waals surface area contributed by atoms with Crippen LogP contribution in [0.25, 0.3) is 177 Å². The number of aromatic nitrogens is 2. The van der Waals surface area contributed by atoms with Crippen LogP contribution in [0.2, 0.25) is 0 Å². The van der Waals surface area contributed by atoms with Crippen molar-refractivity contribution in [3.8, 4) is 123 Å². The molecule has 0 atom stereocenters. The van der Waals surface area contributed by atoms with Gasteiger partial charge in [-0.25, -0.2) is 0 Å². The minimum absolute atomic E-state index is 0.101. The Kier molecular flexibility index (Phi) is 19.9. The van der Waals surface area contributed by atoms with Crippen LogP contribution in [0.15, 0.2) is 497 Å². The largest absolute Gasteiger partial charge is 0.310 e. The number of fused-ring (bicyclic) bond motifs is 13. The molecule has 2 aliphatic rings. The number of benzene rings is 21. The van der Waals surface area contributed by atoms with Gasteiger partial charge in [-0.1, -0.05) is 386 Å². The average molecular weight is 1710 g/mol. The molecule has 0 saturated carbocycles. The maximum Gasteiger partial charge on any atom is 0.0541 e. The molecule has 0 saturated heterocycles. The van der Waals surface area contributed by atoms with Gasteiger partial charge in [0.25, 0.3) is 0 Å². The van der Waals surface area contributed by atoms with E-state index in [1.54, 1.807) is 0 Å². The van der Waals surface area contributed by atoms with Crippen molar-refractivity contribution in [3.63, 3.8) is 0 Å². The molecule has 0 aliphatic heterocycles. The van der Waals surface area contributed by atoms with Crippen LogP contribution in [0.5, 0.6) is 0 Å². The van der Waals surface area contributed by atoms with Crippen molar-refractivity contribution in [1.29, 1.82) is 0 Å². The van der Waals surface area contributed by atoms with Gasteiger partial charge in [0.15, 0.2) is 0 Å². The van der Waals surface area contributed by atoms with E-state index in [0.29, 0.717) is 0 Å². The molecule has 4 heteroatoms. The summed E-state index contributed by atoms with van der Waals surface area (Å²) in [4.78, 5) is 4.86. The van der Waals surface area contributed by atoms with Gasteiger partial charge in [0.2, 0.25) is 0 Å². The van der Waals surface area contributed by atoms with Crippen LogP contribution in [0, 0.1) is 0 Å². The lowest BCUT2D eigenvalue weighted by Crippen LogP contribution is -2.16. The maximum atomic E-state index is 2.46. The van der Waals surface area contributed by atoms with Gasteiger partial charge in [0, 0.05) is 77.6 Å². The quantitative estimate of drug-likeness (QED) is 0.0959. The summed E-state index contributed by atoms with van der Waals surface area (Å²) in [6, 6.07) is 182. The van der Waals surface area contributed by atoms with Crippen molar-refractivity contribution in [2.24, 2.45) is 0 Å². The minimum atomic E-state index is -0.127. The lowest BCUT2D eigenvalue weighted by molar-refractivity contribution is 0.660. The minimum Gasteiger partial charge on any atom is -0.310 e. The monoisotopic (exact) mass is 1710 g/mol. The molecule has 2 heterocycles. The number of para-hydroxylation sites is 2. The summed E-state index contributed by atoms with van der Waals surface area (Å²) >= 11 is 0. The van der Waals surface area contributed by atoms with Gasteiger partial charge in [-0.15, -0.1) is 0 Å². The SMILES string of the molecule is CC1(C)c2ccccc2-c2ccc(N(c3ccc(-c4cccc(-c5ccc6c(c5)c5ccccc5n6-c5ccc(-c6ccccc6)cc5)c4)cc3)c3ccc(-c4ccccc4)c4ccccc34)cc21.CC1(C)c2ccccc2-c2ccc(N(c3ccc(-c4ccccc4)cc3)c3ccc(-c4cccc(-c5ccc6c(c5)c5ccccc5n6-c5ccc(-c6ccccc6)cc5)c4)cc3)cc21. The van der Waals surface area contributed by atoms with E-state index in [2.05, 4.69) is 544 Å². The van der Waals surface area contributed by atoms with E-state index in [1.165, 1.54) is 188 Å². The van der Waals surface area contributed by atoms with Crippen LogP contribution in [0.4, 0.5) is 34.1 Å². The normalized spacial score (nSPS) is 12.6. The molecule has 0 bridgehead atoms. The molecule has 0 N–H and O–H groups in total. The number of rotatable bonds is 16. The first kappa shape index (κ1) is 80.4. The van der Waals surface area contributed by atoms with Crippen LogP contribution >= 0.6 is 0 Å². The van der Waals surface area contributed by atoms with Gasteiger partial charge in [0.1, 0.15) is 0 Å². The Bertz CT molecular complexity index is 8420. The summed E-state index contributed by atoms with van der Waals surface area (Å²) in [5.74, 6) is 0. The summed E-state index contributed by atoms with van der Waals surface area (Å²) < 4.78 is 4.79. The van der Waals surface area contributed by atoms with Crippen LogP contribution in [-0.4, -0.2) is 9.13 Å². The predicted molar refractivity (Wildman–Crippen MR) is 567 cm³/mol. The predicted octanol–water partition coefficient (Wildman–Crippen LogP) is 35.6. The van der Waals surface area contributed by atoms with Gasteiger partial charge < -0.3 is 18.9 Å². The lowest BCUT2D eigenvalue weighted by atomic mass is 9.82. The molecule has 0 unspecified atom stereocenters. The second-order valence-corrected chi connectivity index (χ2v) is 36.7. The first-order valence-corrected chi connectivity index (χ1v) is 46.6. The molecule has 0 spiro atoms. The van der Waals surface area contributed by atoms with Crippen LogP contribution in [0.3, 0.4) is 0 Å². The number of nitrogens with zero attached hydrogens (tertiary/aromatic N) is 4. The molecule has 23 aromatic rings. The summed E-state index contributed by atoms with van der Waals surface area (Å²) in [7, 11) is 0. The third-order valence-electron chi connectivity index (χ3n) is 28.2. The molecule has 0 radical (unpaired) electrons. The highest BCUT2D eigenvalue weighted by Gasteiger charge is 2.38. The second-order valence-electron chi connectivity index (χ2n) is 36.7. The highest BCUT2D eigenvalue weighted by Crippen LogP contribution is 2.54. The molecule has 634 valence electrons. The first-order valence-electron chi connectivity index (χ1n) is 46.6. The van der Waals surface area contributed by atoms with Crippen molar-refractivity contribution in [3.05, 3.63) is 520 Å². The van der Waals surface area contributed by atoms with E-state index in [9.17, 15) is 0 Å².